The molecule has 0 saturated heterocycles. The molecule has 0 spiro atoms. The number of aromatic nitrogens is 2. The van der Waals surface area contributed by atoms with Crippen molar-refractivity contribution in [2.75, 3.05) is 14.2 Å². The molecule has 0 unspecified atom stereocenters. The molecule has 5 rings (SSSR count). The van der Waals surface area contributed by atoms with Crippen LogP contribution < -0.4 is 4.74 Å². The van der Waals surface area contributed by atoms with Crippen LogP contribution in [0, 0.1) is 0 Å². The van der Waals surface area contributed by atoms with E-state index in [0.717, 1.165) is 48.7 Å². The van der Waals surface area contributed by atoms with Crippen molar-refractivity contribution in [2.24, 2.45) is 0 Å². The quantitative estimate of drug-likeness (QED) is 0.325. The Morgan fingerprint density at radius 3 is 2.58 bits per heavy atom. The minimum absolute atomic E-state index is 0.111. The van der Waals surface area contributed by atoms with E-state index >= 15 is 0 Å². The number of benzene rings is 3. The first-order chi connectivity index (χ1) is 16.1. The number of aromatic amines is 1. The third-order valence-corrected chi connectivity index (χ3v) is 6.94. The van der Waals surface area contributed by atoms with Crippen molar-refractivity contribution >= 4 is 38.4 Å². The van der Waals surface area contributed by atoms with Crippen LogP contribution in [0.4, 0.5) is 0 Å². The molecule has 2 aromatic heterocycles. The predicted molar refractivity (Wildman–Crippen MR) is 135 cm³/mol. The Kier molecular flexibility index (Phi) is 5.84. The summed E-state index contributed by atoms with van der Waals surface area (Å²) in [7, 11) is 3.52. The van der Waals surface area contributed by atoms with Crippen LogP contribution >= 0.6 is 11.3 Å². The Morgan fingerprint density at radius 1 is 1.03 bits per heavy atom. The second-order valence-electron chi connectivity index (χ2n) is 8.08. The number of para-hydroxylation sites is 2. The molecule has 0 bridgehead atoms. The van der Waals surface area contributed by atoms with Crippen molar-refractivity contribution in [2.45, 2.75) is 19.4 Å². The highest BCUT2D eigenvalue weighted by molar-refractivity contribution is 7.18. The molecule has 0 aliphatic rings. The highest BCUT2D eigenvalue weighted by atomic mass is 32.1. The number of hydrogen-bond acceptors (Lipinski definition) is 4. The summed E-state index contributed by atoms with van der Waals surface area (Å²) in [6.45, 7) is 0.525. The van der Waals surface area contributed by atoms with Gasteiger partial charge in [0.05, 0.1) is 23.9 Å². The summed E-state index contributed by atoms with van der Waals surface area (Å²) in [6.07, 6.45) is 1.10. The molecule has 0 aliphatic heterocycles. The molecule has 0 saturated carbocycles. The number of H-pyrrole nitrogens is 1. The Bertz CT molecular complexity index is 1390. The first-order valence-corrected chi connectivity index (χ1v) is 11.8. The van der Waals surface area contributed by atoms with E-state index in [1.54, 1.807) is 23.3 Å². The molecule has 0 radical (unpaired) electrons. The monoisotopic (exact) mass is 455 g/mol. The van der Waals surface area contributed by atoms with Crippen LogP contribution in [0.15, 0.2) is 72.8 Å². The van der Waals surface area contributed by atoms with Crippen LogP contribution in [0.1, 0.15) is 17.0 Å². The van der Waals surface area contributed by atoms with Gasteiger partial charge in [-0.25, -0.2) is 4.98 Å². The summed E-state index contributed by atoms with van der Waals surface area (Å²) >= 11 is 1.64. The van der Waals surface area contributed by atoms with Gasteiger partial charge in [0.25, 0.3) is 0 Å². The molecule has 5 nitrogen and oxygen atoms in total. The number of ether oxygens (including phenoxy) is 1. The number of nitrogens with one attached hydrogen (secondary N) is 1. The molecule has 33 heavy (non-hydrogen) atoms. The first kappa shape index (κ1) is 21.2. The minimum atomic E-state index is 0.111. The second kappa shape index (κ2) is 9.08. The zero-order chi connectivity index (χ0) is 22.8. The van der Waals surface area contributed by atoms with Crippen molar-refractivity contribution in [1.82, 2.24) is 14.9 Å². The van der Waals surface area contributed by atoms with Gasteiger partial charge in [-0.2, -0.15) is 0 Å². The zero-order valence-electron chi connectivity index (χ0n) is 18.7. The van der Waals surface area contributed by atoms with Crippen LogP contribution in [0.5, 0.6) is 5.75 Å². The van der Waals surface area contributed by atoms with Gasteiger partial charge in [-0.05, 0) is 60.0 Å². The van der Waals surface area contributed by atoms with Crippen molar-refractivity contribution in [3.8, 4) is 17.0 Å². The summed E-state index contributed by atoms with van der Waals surface area (Å²) in [5.41, 5.74) is 5.37. The van der Waals surface area contributed by atoms with E-state index in [-0.39, 0.29) is 5.91 Å². The van der Waals surface area contributed by atoms with Gasteiger partial charge in [-0.3, -0.25) is 4.79 Å². The molecule has 0 aliphatic carbocycles. The molecular weight excluding hydrogens is 430 g/mol. The van der Waals surface area contributed by atoms with E-state index in [1.165, 1.54) is 0 Å². The van der Waals surface area contributed by atoms with Gasteiger partial charge in [-0.1, -0.05) is 30.3 Å². The average molecular weight is 456 g/mol. The Labute approximate surface area is 196 Å². The maximum atomic E-state index is 13.0. The van der Waals surface area contributed by atoms with Crippen molar-refractivity contribution in [3.05, 3.63) is 83.4 Å². The smallest absolute Gasteiger partial charge is 0.223 e. The maximum absolute atomic E-state index is 13.0. The van der Waals surface area contributed by atoms with Crippen molar-refractivity contribution < 1.29 is 9.53 Å². The number of rotatable bonds is 7. The van der Waals surface area contributed by atoms with Gasteiger partial charge in [0.15, 0.2) is 0 Å². The largest absolute Gasteiger partial charge is 0.497 e. The van der Waals surface area contributed by atoms with Gasteiger partial charge in [0.1, 0.15) is 10.8 Å². The summed E-state index contributed by atoms with van der Waals surface area (Å²) in [5.74, 6) is 0.934. The normalized spacial score (nSPS) is 11.2. The van der Waals surface area contributed by atoms with Gasteiger partial charge in [0.2, 0.25) is 5.91 Å². The van der Waals surface area contributed by atoms with Crippen LogP contribution in [0.25, 0.3) is 32.4 Å². The summed E-state index contributed by atoms with van der Waals surface area (Å²) in [4.78, 5) is 23.0. The van der Waals surface area contributed by atoms with Crippen LogP contribution in [0.2, 0.25) is 0 Å². The number of fused-ring (bicyclic) bond motifs is 2. The maximum Gasteiger partial charge on any atom is 0.223 e. The number of carbonyl (C=O) groups excluding carboxylic acids is 1. The average Bonchev–Trinajstić information content (AvgIpc) is 3.43. The highest BCUT2D eigenvalue weighted by Crippen LogP contribution is 2.32. The molecular formula is C27H25N3O2S. The number of methoxy groups -OCH3 is 1. The SMILES string of the molecule is COc1ccc(-c2[nH]c3ccccc3c2CCC(=O)N(C)Cc2nc3ccccc3s2)cc1. The van der Waals surface area contributed by atoms with Gasteiger partial charge in [0, 0.05) is 30.1 Å². The summed E-state index contributed by atoms with van der Waals surface area (Å²) in [5, 5.41) is 2.11. The number of amides is 1. The van der Waals surface area contributed by atoms with E-state index in [9.17, 15) is 4.79 Å². The lowest BCUT2D eigenvalue weighted by molar-refractivity contribution is -0.130. The van der Waals surface area contributed by atoms with Crippen LogP contribution in [-0.4, -0.2) is 34.9 Å². The lowest BCUT2D eigenvalue weighted by Crippen LogP contribution is -2.26. The molecule has 5 aromatic rings. The van der Waals surface area contributed by atoms with Gasteiger partial charge < -0.3 is 14.6 Å². The minimum Gasteiger partial charge on any atom is -0.497 e. The standard InChI is InChI=1S/C27H25N3O2S/c1-30(17-25-28-23-9-5-6-10-24(23)33-25)26(31)16-15-21-20-7-3-4-8-22(20)29-27(21)18-11-13-19(32-2)14-12-18/h3-14,29H,15-17H2,1-2H3. The third kappa shape index (κ3) is 4.34. The van der Waals surface area contributed by atoms with E-state index in [0.29, 0.717) is 19.4 Å². The second-order valence-corrected chi connectivity index (χ2v) is 9.19. The van der Waals surface area contributed by atoms with E-state index < -0.39 is 0 Å². The Balaban J connectivity index is 1.35. The topological polar surface area (TPSA) is 58.2 Å². The molecule has 2 heterocycles. The Hall–Kier alpha value is -3.64. The van der Waals surface area contributed by atoms with Crippen LogP contribution in [0.3, 0.4) is 0 Å². The zero-order valence-corrected chi connectivity index (χ0v) is 19.5. The lowest BCUT2D eigenvalue weighted by atomic mass is 10.0. The van der Waals surface area contributed by atoms with E-state index in [2.05, 4.69) is 28.2 Å². The Morgan fingerprint density at radius 2 is 1.79 bits per heavy atom. The number of thiazole rings is 1. The van der Waals surface area contributed by atoms with Crippen molar-refractivity contribution in [3.63, 3.8) is 0 Å². The summed E-state index contributed by atoms with van der Waals surface area (Å²) < 4.78 is 6.45. The molecule has 0 fully saturated rings. The van der Waals surface area contributed by atoms with E-state index in [1.807, 2.05) is 61.6 Å². The molecule has 166 valence electrons. The fraction of sp³-hybridized carbons (Fsp3) is 0.185. The first-order valence-electron chi connectivity index (χ1n) is 10.9. The molecule has 0 atom stereocenters. The van der Waals surface area contributed by atoms with E-state index in [4.69, 9.17) is 4.74 Å². The fourth-order valence-electron chi connectivity index (χ4n) is 4.17. The number of hydrogen-bond donors (Lipinski definition) is 1. The number of carbonyl (C=O) groups is 1. The fourth-order valence-corrected chi connectivity index (χ4v) is 5.19. The third-order valence-electron chi connectivity index (χ3n) is 5.92. The van der Waals surface area contributed by atoms with Gasteiger partial charge in [-0.15, -0.1) is 11.3 Å². The number of nitrogens with zero attached hydrogens (tertiary/aromatic N) is 2. The van der Waals surface area contributed by atoms with Crippen LogP contribution in [-0.2, 0) is 17.8 Å². The lowest BCUT2D eigenvalue weighted by Gasteiger charge is -2.16. The molecule has 6 heteroatoms. The number of aryl methyl sites for hydroxylation is 1. The van der Waals surface area contributed by atoms with Gasteiger partial charge >= 0.3 is 0 Å². The molecule has 1 N–H and O–H groups in total. The van der Waals surface area contributed by atoms with Crippen molar-refractivity contribution in [1.29, 1.82) is 0 Å². The summed E-state index contributed by atoms with van der Waals surface area (Å²) in [6, 6.07) is 24.4. The molecule has 3 aromatic carbocycles. The predicted octanol–water partition coefficient (Wildman–Crippen LogP) is 6.04. The highest BCUT2D eigenvalue weighted by Gasteiger charge is 2.17. The molecule has 1 amide bonds.